The molecule has 2 N–H and O–H groups in total. The molecule has 0 saturated carbocycles. The maximum absolute atomic E-state index is 11.8. The molecule has 0 amide bonds. The van der Waals surface area contributed by atoms with Crippen molar-refractivity contribution in [3.05, 3.63) is 23.2 Å². The number of rotatable bonds is 4. The molecule has 0 aliphatic rings. The highest BCUT2D eigenvalue weighted by molar-refractivity contribution is 7.85. The number of hydrogen-bond donors (Lipinski definition) is 1. The minimum atomic E-state index is -1.23. The summed E-state index contributed by atoms with van der Waals surface area (Å²) in [7, 11) is -1.23. The van der Waals surface area contributed by atoms with Crippen LogP contribution >= 0.6 is 11.6 Å². The smallest absolute Gasteiger partial charge is 0.0903 e. The van der Waals surface area contributed by atoms with Crippen LogP contribution in [0.25, 0.3) is 0 Å². The highest BCUT2D eigenvalue weighted by Gasteiger charge is 2.08. The van der Waals surface area contributed by atoms with E-state index in [2.05, 4.69) is 0 Å². The molecule has 0 aromatic heterocycles. The van der Waals surface area contributed by atoms with Gasteiger partial charge in [0, 0.05) is 11.4 Å². The van der Waals surface area contributed by atoms with Crippen LogP contribution in [0.1, 0.15) is 6.42 Å². The molecule has 0 fully saturated rings. The predicted molar refractivity (Wildman–Crippen MR) is 57.7 cm³/mol. The summed E-state index contributed by atoms with van der Waals surface area (Å²) in [5.74, 6) is 0.292. The van der Waals surface area contributed by atoms with Crippen LogP contribution in [0.15, 0.2) is 23.1 Å². The van der Waals surface area contributed by atoms with E-state index in [0.717, 1.165) is 0 Å². The first-order chi connectivity index (χ1) is 6.65. The maximum atomic E-state index is 11.8. The normalized spacial score (nSPS) is 12.7. The monoisotopic (exact) mass is 235 g/mol. The van der Waals surface area contributed by atoms with Gasteiger partial charge in [0.2, 0.25) is 0 Å². The van der Waals surface area contributed by atoms with Crippen molar-refractivity contribution in [2.75, 3.05) is 18.2 Å². The Morgan fingerprint density at radius 1 is 1.50 bits per heavy atom. The van der Waals surface area contributed by atoms with Crippen molar-refractivity contribution < 1.29 is 8.60 Å². The molecule has 1 unspecified atom stereocenters. The van der Waals surface area contributed by atoms with Crippen LogP contribution in [0, 0.1) is 0 Å². The lowest BCUT2D eigenvalue weighted by Gasteiger charge is -2.04. The summed E-state index contributed by atoms with van der Waals surface area (Å²) in [4.78, 5) is 0.523. The molecule has 14 heavy (non-hydrogen) atoms. The fourth-order valence-electron chi connectivity index (χ4n) is 0.997. The van der Waals surface area contributed by atoms with Crippen LogP contribution in [0.3, 0.4) is 0 Å². The van der Waals surface area contributed by atoms with Crippen molar-refractivity contribution in [2.24, 2.45) is 0 Å². The predicted octanol–water partition coefficient (Wildman–Crippen LogP) is 2.39. The molecule has 1 atom stereocenters. The third kappa shape index (κ3) is 2.96. The van der Waals surface area contributed by atoms with Crippen molar-refractivity contribution in [1.82, 2.24) is 0 Å². The lowest BCUT2D eigenvalue weighted by atomic mass is 10.3. The van der Waals surface area contributed by atoms with E-state index in [0.29, 0.717) is 21.4 Å². The molecule has 0 radical (unpaired) electrons. The highest BCUT2D eigenvalue weighted by Crippen LogP contribution is 2.22. The van der Waals surface area contributed by atoms with Crippen LogP contribution in [0.5, 0.6) is 0 Å². The zero-order valence-electron chi connectivity index (χ0n) is 7.50. The van der Waals surface area contributed by atoms with Gasteiger partial charge in [-0.05, 0) is 24.6 Å². The summed E-state index contributed by atoms with van der Waals surface area (Å²) in [5, 5.41) is 0.377. The first-order valence-electron chi connectivity index (χ1n) is 4.14. The Bertz CT molecular complexity index is 346. The van der Waals surface area contributed by atoms with Gasteiger partial charge in [-0.1, -0.05) is 11.6 Å². The number of anilines is 1. The first-order valence-corrected chi connectivity index (χ1v) is 5.84. The van der Waals surface area contributed by atoms with E-state index in [1.54, 1.807) is 18.2 Å². The lowest BCUT2D eigenvalue weighted by molar-refractivity contribution is 0.488. The van der Waals surface area contributed by atoms with E-state index >= 15 is 0 Å². The van der Waals surface area contributed by atoms with Gasteiger partial charge in [-0.25, -0.2) is 0 Å². The quantitative estimate of drug-likeness (QED) is 0.815. The van der Waals surface area contributed by atoms with Crippen LogP contribution in [-0.4, -0.2) is 16.6 Å². The number of nitrogen functional groups attached to an aromatic ring is 1. The number of nitrogens with two attached hydrogens (primary N) is 1. The topological polar surface area (TPSA) is 43.1 Å². The van der Waals surface area contributed by atoms with Gasteiger partial charge in [-0.2, -0.15) is 0 Å². The molecule has 1 aromatic carbocycles. The van der Waals surface area contributed by atoms with Gasteiger partial charge in [0.15, 0.2) is 0 Å². The largest absolute Gasteiger partial charge is 0.399 e. The third-order valence-corrected chi connectivity index (χ3v) is 3.60. The molecule has 0 saturated heterocycles. The van der Waals surface area contributed by atoms with E-state index in [1.807, 2.05) is 0 Å². The Morgan fingerprint density at radius 2 is 2.21 bits per heavy atom. The van der Waals surface area contributed by atoms with Crippen LogP contribution in [0.2, 0.25) is 5.02 Å². The van der Waals surface area contributed by atoms with E-state index in [4.69, 9.17) is 17.3 Å². The van der Waals surface area contributed by atoms with E-state index in [1.165, 1.54) is 0 Å². The number of hydrogen-bond acceptors (Lipinski definition) is 2. The van der Waals surface area contributed by atoms with Gasteiger partial charge in [-0.15, -0.1) is 0 Å². The Morgan fingerprint density at radius 3 is 2.79 bits per heavy atom. The summed E-state index contributed by atoms with van der Waals surface area (Å²) < 4.78 is 23.4. The van der Waals surface area contributed by atoms with Gasteiger partial charge in [-0.3, -0.25) is 8.60 Å². The second-order valence-corrected chi connectivity index (χ2v) is 4.73. The SMILES string of the molecule is Nc1ccc(S(=O)CCCF)c(Cl)c1. The molecular weight excluding hydrogens is 225 g/mol. The van der Waals surface area contributed by atoms with Crippen molar-refractivity contribution in [1.29, 1.82) is 0 Å². The fourth-order valence-corrected chi connectivity index (χ4v) is 2.53. The molecule has 2 nitrogen and oxygen atoms in total. The van der Waals surface area contributed by atoms with Gasteiger partial charge in [0.05, 0.1) is 27.4 Å². The molecular formula is C9H11ClFNOS. The Labute approximate surface area is 89.7 Å². The number of halogens is 2. The van der Waals surface area contributed by atoms with Crippen LogP contribution < -0.4 is 5.73 Å². The molecule has 0 bridgehead atoms. The fraction of sp³-hybridized carbons (Fsp3) is 0.333. The second kappa shape index (κ2) is 5.32. The van der Waals surface area contributed by atoms with E-state index < -0.39 is 17.5 Å². The van der Waals surface area contributed by atoms with Crippen molar-refractivity contribution in [3.8, 4) is 0 Å². The lowest BCUT2D eigenvalue weighted by Crippen LogP contribution is -2.00. The summed E-state index contributed by atoms with van der Waals surface area (Å²) in [6, 6.07) is 4.80. The van der Waals surface area contributed by atoms with Crippen molar-refractivity contribution >= 4 is 28.1 Å². The minimum absolute atomic E-state index is 0.285. The van der Waals surface area contributed by atoms with Gasteiger partial charge < -0.3 is 5.73 Å². The zero-order valence-corrected chi connectivity index (χ0v) is 9.08. The molecule has 78 valence electrons. The summed E-state index contributed by atoms with van der Waals surface area (Å²) >= 11 is 5.84. The highest BCUT2D eigenvalue weighted by atomic mass is 35.5. The zero-order chi connectivity index (χ0) is 10.6. The molecule has 1 aromatic rings. The molecule has 5 heteroatoms. The van der Waals surface area contributed by atoms with E-state index in [-0.39, 0.29) is 6.42 Å². The minimum Gasteiger partial charge on any atom is -0.399 e. The molecule has 0 spiro atoms. The second-order valence-electron chi connectivity index (χ2n) is 2.78. The number of benzene rings is 1. The van der Waals surface area contributed by atoms with Crippen molar-refractivity contribution in [2.45, 2.75) is 11.3 Å². The molecule has 0 aliphatic carbocycles. The Balaban J connectivity index is 2.80. The van der Waals surface area contributed by atoms with Crippen LogP contribution in [-0.2, 0) is 10.8 Å². The van der Waals surface area contributed by atoms with Crippen molar-refractivity contribution in [3.63, 3.8) is 0 Å². The Kier molecular flexibility index (Phi) is 4.35. The summed E-state index contributed by atoms with van der Waals surface area (Å²) in [6.07, 6.45) is 0.285. The van der Waals surface area contributed by atoms with Gasteiger partial charge >= 0.3 is 0 Å². The standard InChI is InChI=1S/C9H11ClFNOS/c10-8-6-7(12)2-3-9(8)14(13)5-1-4-11/h2-3,6H,1,4-5,12H2. The van der Waals surface area contributed by atoms with Gasteiger partial charge in [0.25, 0.3) is 0 Å². The first kappa shape index (κ1) is 11.5. The average molecular weight is 236 g/mol. The third-order valence-electron chi connectivity index (χ3n) is 1.66. The maximum Gasteiger partial charge on any atom is 0.0903 e. The Hall–Kier alpha value is -0.610. The summed E-state index contributed by atoms with van der Waals surface area (Å²) in [6.45, 7) is -0.460. The van der Waals surface area contributed by atoms with Crippen LogP contribution in [0.4, 0.5) is 10.1 Å². The number of alkyl halides is 1. The molecule has 0 aliphatic heterocycles. The van der Waals surface area contributed by atoms with E-state index in [9.17, 15) is 8.60 Å². The van der Waals surface area contributed by atoms with Gasteiger partial charge in [0.1, 0.15) is 0 Å². The molecule has 1 rings (SSSR count). The summed E-state index contributed by atoms with van der Waals surface area (Å²) in [5.41, 5.74) is 6.01. The molecule has 0 heterocycles. The average Bonchev–Trinajstić information content (AvgIpc) is 2.14.